The Bertz CT molecular complexity index is 612. The zero-order valence-electron chi connectivity index (χ0n) is 10.5. The van der Waals surface area contributed by atoms with Crippen LogP contribution in [0.15, 0.2) is 54.6 Å². The zero-order chi connectivity index (χ0) is 14.5. The first-order valence-corrected chi connectivity index (χ1v) is 6.36. The average Bonchev–Trinajstić information content (AvgIpc) is 2.46. The van der Waals surface area contributed by atoms with Crippen molar-refractivity contribution in [2.45, 2.75) is 6.04 Å². The summed E-state index contributed by atoms with van der Waals surface area (Å²) in [5.41, 5.74) is 6.66. The van der Waals surface area contributed by atoms with E-state index in [1.165, 1.54) is 0 Å². The fourth-order valence-electron chi connectivity index (χ4n) is 1.86. The van der Waals surface area contributed by atoms with Gasteiger partial charge in [-0.3, -0.25) is 9.59 Å². The summed E-state index contributed by atoms with van der Waals surface area (Å²) in [7, 11) is 0. The molecule has 0 saturated carbocycles. The monoisotopic (exact) mass is 288 g/mol. The van der Waals surface area contributed by atoms with Crippen molar-refractivity contribution in [2.24, 2.45) is 5.73 Å². The van der Waals surface area contributed by atoms with Gasteiger partial charge >= 0.3 is 11.8 Å². The van der Waals surface area contributed by atoms with Crippen LogP contribution in [0.25, 0.3) is 0 Å². The summed E-state index contributed by atoms with van der Waals surface area (Å²) in [5, 5.41) is 3.21. The lowest BCUT2D eigenvalue weighted by Crippen LogP contribution is -2.38. The Morgan fingerprint density at radius 2 is 1.50 bits per heavy atom. The predicted molar refractivity (Wildman–Crippen MR) is 77.1 cm³/mol. The van der Waals surface area contributed by atoms with Crippen LogP contribution in [0.5, 0.6) is 0 Å². The minimum Gasteiger partial charge on any atom is -0.361 e. The molecule has 0 aliphatic rings. The first-order chi connectivity index (χ1) is 9.58. The van der Waals surface area contributed by atoms with Crippen molar-refractivity contribution in [3.63, 3.8) is 0 Å². The third-order valence-corrected chi connectivity index (χ3v) is 3.09. The van der Waals surface area contributed by atoms with Crippen molar-refractivity contribution in [1.82, 2.24) is 5.32 Å². The Morgan fingerprint density at radius 3 is 2.05 bits per heavy atom. The summed E-state index contributed by atoms with van der Waals surface area (Å²) in [4.78, 5) is 22.5. The number of amides is 2. The Morgan fingerprint density at radius 1 is 0.950 bits per heavy atom. The molecule has 4 nitrogen and oxygen atoms in total. The van der Waals surface area contributed by atoms with Gasteiger partial charge in [0.05, 0.1) is 6.04 Å². The summed E-state index contributed by atoms with van der Waals surface area (Å²) in [6, 6.07) is 15.9. The number of hydrogen-bond donors (Lipinski definition) is 2. The quantitative estimate of drug-likeness (QED) is 0.848. The van der Waals surface area contributed by atoms with E-state index in [1.807, 2.05) is 30.3 Å². The zero-order valence-corrected chi connectivity index (χ0v) is 11.3. The van der Waals surface area contributed by atoms with Crippen molar-refractivity contribution in [2.75, 3.05) is 0 Å². The van der Waals surface area contributed by atoms with Gasteiger partial charge < -0.3 is 11.1 Å². The minimum absolute atomic E-state index is 0.450. The van der Waals surface area contributed by atoms with E-state index in [4.69, 9.17) is 17.3 Å². The SMILES string of the molecule is NC(=O)C(=O)NC(c1ccccc1)c1ccc(Cl)cc1. The highest BCUT2D eigenvalue weighted by atomic mass is 35.5. The van der Waals surface area contributed by atoms with Crippen molar-refractivity contribution in [3.8, 4) is 0 Å². The third-order valence-electron chi connectivity index (χ3n) is 2.84. The number of rotatable bonds is 3. The molecule has 102 valence electrons. The van der Waals surface area contributed by atoms with Crippen LogP contribution in [0, 0.1) is 0 Å². The van der Waals surface area contributed by atoms with E-state index in [2.05, 4.69) is 5.32 Å². The summed E-state index contributed by atoms with van der Waals surface area (Å²) in [6.45, 7) is 0. The van der Waals surface area contributed by atoms with Gasteiger partial charge in [0.25, 0.3) is 0 Å². The topological polar surface area (TPSA) is 72.2 Å². The highest BCUT2D eigenvalue weighted by Crippen LogP contribution is 2.23. The van der Waals surface area contributed by atoms with E-state index in [0.29, 0.717) is 5.02 Å². The molecule has 2 aromatic carbocycles. The van der Waals surface area contributed by atoms with E-state index < -0.39 is 17.9 Å². The third kappa shape index (κ3) is 3.36. The maximum Gasteiger partial charge on any atom is 0.309 e. The number of primary amides is 1. The molecule has 2 amide bonds. The van der Waals surface area contributed by atoms with Gasteiger partial charge in [-0.1, -0.05) is 54.1 Å². The smallest absolute Gasteiger partial charge is 0.309 e. The van der Waals surface area contributed by atoms with Gasteiger partial charge in [-0.15, -0.1) is 0 Å². The summed E-state index contributed by atoms with van der Waals surface area (Å²) >= 11 is 5.86. The maximum atomic E-state index is 11.6. The van der Waals surface area contributed by atoms with E-state index >= 15 is 0 Å². The average molecular weight is 289 g/mol. The Kier molecular flexibility index (Phi) is 4.38. The second kappa shape index (κ2) is 6.21. The van der Waals surface area contributed by atoms with Crippen LogP contribution in [-0.2, 0) is 9.59 Å². The number of carbonyl (C=O) groups is 2. The fraction of sp³-hybridized carbons (Fsp3) is 0.0667. The molecular weight excluding hydrogens is 276 g/mol. The molecule has 3 N–H and O–H groups in total. The standard InChI is InChI=1S/C15H13ClN2O2/c16-12-8-6-11(7-9-12)13(18-15(20)14(17)19)10-4-2-1-3-5-10/h1-9,13H,(H2,17,19)(H,18,20). The van der Waals surface area contributed by atoms with Crippen LogP contribution in [-0.4, -0.2) is 11.8 Å². The van der Waals surface area contributed by atoms with E-state index in [-0.39, 0.29) is 0 Å². The first kappa shape index (κ1) is 14.1. The number of nitrogens with one attached hydrogen (secondary N) is 1. The number of nitrogens with two attached hydrogens (primary N) is 1. The summed E-state index contributed by atoms with van der Waals surface area (Å²) in [5.74, 6) is -1.84. The molecule has 0 aliphatic carbocycles. The lowest BCUT2D eigenvalue weighted by molar-refractivity contribution is -0.137. The number of hydrogen-bond acceptors (Lipinski definition) is 2. The second-order valence-electron chi connectivity index (χ2n) is 4.23. The Hall–Kier alpha value is -2.33. The predicted octanol–water partition coefficient (Wildman–Crippen LogP) is 2.03. The highest BCUT2D eigenvalue weighted by Gasteiger charge is 2.19. The molecule has 0 fully saturated rings. The molecule has 0 aliphatic heterocycles. The molecule has 20 heavy (non-hydrogen) atoms. The van der Waals surface area contributed by atoms with Crippen molar-refractivity contribution < 1.29 is 9.59 Å². The Labute approximate surface area is 121 Å². The van der Waals surface area contributed by atoms with Crippen molar-refractivity contribution >= 4 is 23.4 Å². The number of halogens is 1. The van der Waals surface area contributed by atoms with Gasteiger partial charge in [-0.05, 0) is 23.3 Å². The van der Waals surface area contributed by atoms with E-state index in [1.54, 1.807) is 24.3 Å². The highest BCUT2D eigenvalue weighted by molar-refractivity contribution is 6.34. The fourth-order valence-corrected chi connectivity index (χ4v) is 1.99. The number of benzene rings is 2. The van der Waals surface area contributed by atoms with Crippen LogP contribution in [0.1, 0.15) is 17.2 Å². The van der Waals surface area contributed by atoms with Gasteiger partial charge in [0.2, 0.25) is 0 Å². The molecule has 0 heterocycles. The summed E-state index contributed by atoms with van der Waals surface area (Å²) < 4.78 is 0. The van der Waals surface area contributed by atoms with Crippen LogP contribution in [0.3, 0.4) is 0 Å². The van der Waals surface area contributed by atoms with Gasteiger partial charge in [0.1, 0.15) is 0 Å². The lowest BCUT2D eigenvalue weighted by atomic mass is 9.98. The molecule has 2 rings (SSSR count). The molecule has 0 saturated heterocycles. The molecule has 0 aromatic heterocycles. The van der Waals surface area contributed by atoms with Gasteiger partial charge in [-0.2, -0.15) is 0 Å². The summed E-state index contributed by atoms with van der Waals surface area (Å²) in [6.07, 6.45) is 0. The van der Waals surface area contributed by atoms with Gasteiger partial charge in [0, 0.05) is 5.02 Å². The minimum atomic E-state index is -1.01. The maximum absolute atomic E-state index is 11.6. The molecule has 5 heteroatoms. The first-order valence-electron chi connectivity index (χ1n) is 5.98. The molecule has 0 bridgehead atoms. The second-order valence-corrected chi connectivity index (χ2v) is 4.67. The Balaban J connectivity index is 2.36. The molecule has 0 radical (unpaired) electrons. The molecule has 1 unspecified atom stereocenters. The van der Waals surface area contributed by atoms with Crippen molar-refractivity contribution in [3.05, 3.63) is 70.7 Å². The van der Waals surface area contributed by atoms with Crippen LogP contribution in [0.4, 0.5) is 0 Å². The normalized spacial score (nSPS) is 11.7. The van der Waals surface area contributed by atoms with Gasteiger partial charge in [-0.25, -0.2) is 0 Å². The largest absolute Gasteiger partial charge is 0.361 e. The van der Waals surface area contributed by atoms with E-state index in [9.17, 15) is 9.59 Å². The molecule has 0 spiro atoms. The van der Waals surface area contributed by atoms with Crippen LogP contribution in [0.2, 0.25) is 5.02 Å². The van der Waals surface area contributed by atoms with Crippen LogP contribution < -0.4 is 11.1 Å². The van der Waals surface area contributed by atoms with Crippen LogP contribution >= 0.6 is 11.6 Å². The lowest BCUT2D eigenvalue weighted by Gasteiger charge is -2.19. The van der Waals surface area contributed by atoms with Crippen molar-refractivity contribution in [1.29, 1.82) is 0 Å². The molecular formula is C15H13ClN2O2. The van der Waals surface area contributed by atoms with E-state index in [0.717, 1.165) is 11.1 Å². The van der Waals surface area contributed by atoms with Gasteiger partial charge in [0.15, 0.2) is 0 Å². The molecule has 2 aromatic rings. The number of carbonyl (C=O) groups excluding carboxylic acids is 2. The molecule has 1 atom stereocenters.